The Morgan fingerprint density at radius 3 is 2.42 bits per heavy atom. The van der Waals surface area contributed by atoms with Crippen LogP contribution in [0, 0.1) is 0 Å². The Balaban J connectivity index is 1.68. The number of Topliss-reactive ketones (excluding diaryl/α,β-unsaturated/α-hetero) is 1. The summed E-state index contributed by atoms with van der Waals surface area (Å²) in [5, 5.41) is 3.11. The highest BCUT2D eigenvalue weighted by atomic mass is 16.1. The first-order valence-corrected chi connectivity index (χ1v) is 7.97. The number of rotatable bonds is 4. The van der Waals surface area contributed by atoms with Crippen molar-refractivity contribution in [3.8, 4) is 0 Å². The summed E-state index contributed by atoms with van der Waals surface area (Å²) < 4.78 is 0. The van der Waals surface area contributed by atoms with Crippen molar-refractivity contribution >= 4 is 28.9 Å². The fourth-order valence-electron chi connectivity index (χ4n) is 2.68. The van der Waals surface area contributed by atoms with Crippen LogP contribution in [0.25, 0.3) is 0 Å². The Labute approximate surface area is 141 Å². The van der Waals surface area contributed by atoms with E-state index in [0.717, 1.165) is 31.9 Å². The summed E-state index contributed by atoms with van der Waals surface area (Å²) in [5.41, 5.74) is 8.21. The SMILES string of the molecule is CC(=O)c1cnc(Nc2ccc(N3CCN(C)CC3)cc2)nc1N. The Hall–Kier alpha value is -2.67. The number of hydrogen-bond acceptors (Lipinski definition) is 7. The summed E-state index contributed by atoms with van der Waals surface area (Å²) in [6.45, 7) is 5.68. The van der Waals surface area contributed by atoms with E-state index in [1.165, 1.54) is 18.8 Å². The maximum atomic E-state index is 11.4. The lowest BCUT2D eigenvalue weighted by Gasteiger charge is -2.34. The third-order valence-electron chi connectivity index (χ3n) is 4.19. The molecule has 0 atom stereocenters. The zero-order chi connectivity index (χ0) is 17.1. The number of ketones is 1. The van der Waals surface area contributed by atoms with E-state index in [4.69, 9.17) is 5.73 Å². The number of likely N-dealkylation sites (N-methyl/N-ethyl adjacent to an activating group) is 1. The predicted octanol–water partition coefficient (Wildman–Crippen LogP) is 1.76. The number of benzene rings is 1. The fourth-order valence-corrected chi connectivity index (χ4v) is 2.68. The zero-order valence-corrected chi connectivity index (χ0v) is 14.0. The topological polar surface area (TPSA) is 87.4 Å². The van der Waals surface area contributed by atoms with Crippen molar-refractivity contribution in [3.63, 3.8) is 0 Å². The number of nitrogens with two attached hydrogens (primary N) is 1. The molecule has 2 heterocycles. The van der Waals surface area contributed by atoms with Crippen LogP contribution in [-0.2, 0) is 0 Å². The van der Waals surface area contributed by atoms with E-state index in [0.29, 0.717) is 11.5 Å². The molecule has 7 heteroatoms. The molecule has 7 nitrogen and oxygen atoms in total. The molecule has 126 valence electrons. The van der Waals surface area contributed by atoms with Crippen molar-refractivity contribution in [1.29, 1.82) is 0 Å². The van der Waals surface area contributed by atoms with Crippen LogP contribution in [0.3, 0.4) is 0 Å². The highest BCUT2D eigenvalue weighted by Gasteiger charge is 2.14. The standard InChI is InChI=1S/C17H22N6O/c1-12(24)15-11-19-17(21-16(15)18)20-13-3-5-14(6-4-13)23-9-7-22(2)8-10-23/h3-6,11H,7-10H2,1-2H3,(H3,18,19,20,21). The maximum absolute atomic E-state index is 11.4. The largest absolute Gasteiger partial charge is 0.383 e. The number of nitrogens with zero attached hydrogens (tertiary/aromatic N) is 4. The average molecular weight is 326 g/mol. The first-order chi connectivity index (χ1) is 11.5. The van der Waals surface area contributed by atoms with Gasteiger partial charge in [-0.1, -0.05) is 0 Å². The second-order valence-corrected chi connectivity index (χ2v) is 6.01. The van der Waals surface area contributed by atoms with E-state index in [-0.39, 0.29) is 11.6 Å². The molecular formula is C17H22N6O. The molecule has 0 saturated carbocycles. The van der Waals surface area contributed by atoms with Crippen LogP contribution >= 0.6 is 0 Å². The van der Waals surface area contributed by atoms with Crippen molar-refractivity contribution in [1.82, 2.24) is 14.9 Å². The van der Waals surface area contributed by atoms with Gasteiger partial charge < -0.3 is 20.9 Å². The molecule has 1 aromatic heterocycles. The van der Waals surface area contributed by atoms with Crippen LogP contribution in [0.1, 0.15) is 17.3 Å². The van der Waals surface area contributed by atoms with Gasteiger partial charge >= 0.3 is 0 Å². The number of carbonyl (C=O) groups excluding carboxylic acids is 1. The van der Waals surface area contributed by atoms with Crippen molar-refractivity contribution in [3.05, 3.63) is 36.0 Å². The van der Waals surface area contributed by atoms with Crippen molar-refractivity contribution < 1.29 is 4.79 Å². The van der Waals surface area contributed by atoms with Gasteiger partial charge in [-0.2, -0.15) is 4.98 Å². The molecule has 0 spiro atoms. The number of nitrogen functional groups attached to an aromatic ring is 1. The number of anilines is 4. The summed E-state index contributed by atoms with van der Waals surface area (Å²) >= 11 is 0. The number of aromatic nitrogens is 2. The third kappa shape index (κ3) is 3.62. The quantitative estimate of drug-likeness (QED) is 0.828. The van der Waals surface area contributed by atoms with Gasteiger partial charge in [0.1, 0.15) is 5.82 Å². The van der Waals surface area contributed by atoms with Gasteiger partial charge in [0, 0.05) is 43.8 Å². The van der Waals surface area contributed by atoms with Crippen LogP contribution in [0.2, 0.25) is 0 Å². The van der Waals surface area contributed by atoms with Crippen LogP contribution in [0.5, 0.6) is 0 Å². The highest BCUT2D eigenvalue weighted by Crippen LogP contribution is 2.21. The van der Waals surface area contributed by atoms with E-state index >= 15 is 0 Å². The molecule has 3 rings (SSSR count). The minimum absolute atomic E-state index is 0.143. The zero-order valence-electron chi connectivity index (χ0n) is 14.0. The normalized spacial score (nSPS) is 15.3. The average Bonchev–Trinajstić information content (AvgIpc) is 2.56. The van der Waals surface area contributed by atoms with E-state index in [1.807, 2.05) is 12.1 Å². The highest BCUT2D eigenvalue weighted by molar-refractivity contribution is 5.98. The summed E-state index contributed by atoms with van der Waals surface area (Å²) in [7, 11) is 2.15. The van der Waals surface area contributed by atoms with Gasteiger partial charge in [-0.15, -0.1) is 0 Å². The molecule has 1 aliphatic rings. The van der Waals surface area contributed by atoms with Gasteiger partial charge in [-0.25, -0.2) is 4.98 Å². The molecule has 24 heavy (non-hydrogen) atoms. The van der Waals surface area contributed by atoms with E-state index in [2.05, 4.69) is 44.3 Å². The predicted molar refractivity (Wildman–Crippen MR) is 95.9 cm³/mol. The Kier molecular flexibility index (Phi) is 4.61. The lowest BCUT2D eigenvalue weighted by atomic mass is 10.2. The van der Waals surface area contributed by atoms with Crippen LogP contribution in [0.4, 0.5) is 23.1 Å². The molecule has 0 aliphatic carbocycles. The summed E-state index contributed by atoms with van der Waals surface area (Å²) in [4.78, 5) is 24.3. The monoisotopic (exact) mass is 326 g/mol. The van der Waals surface area contributed by atoms with Gasteiger partial charge in [-0.3, -0.25) is 4.79 Å². The fraction of sp³-hybridized carbons (Fsp3) is 0.353. The molecule has 1 aromatic carbocycles. The van der Waals surface area contributed by atoms with Crippen LogP contribution in [0.15, 0.2) is 30.5 Å². The summed E-state index contributed by atoms with van der Waals surface area (Å²) in [6, 6.07) is 8.15. The Morgan fingerprint density at radius 1 is 1.17 bits per heavy atom. The van der Waals surface area contributed by atoms with Crippen molar-refractivity contribution in [2.24, 2.45) is 0 Å². The third-order valence-corrected chi connectivity index (χ3v) is 4.19. The molecule has 0 radical (unpaired) electrons. The summed E-state index contributed by atoms with van der Waals surface area (Å²) in [5.74, 6) is 0.425. The molecule has 0 amide bonds. The molecule has 1 aliphatic heterocycles. The second kappa shape index (κ2) is 6.84. The van der Waals surface area contributed by atoms with Crippen LogP contribution in [-0.4, -0.2) is 53.9 Å². The Morgan fingerprint density at radius 2 is 1.83 bits per heavy atom. The second-order valence-electron chi connectivity index (χ2n) is 6.01. The number of hydrogen-bond donors (Lipinski definition) is 2. The molecule has 0 bridgehead atoms. The van der Waals surface area contributed by atoms with E-state index < -0.39 is 0 Å². The minimum atomic E-state index is -0.143. The van der Waals surface area contributed by atoms with E-state index in [1.54, 1.807) is 0 Å². The van der Waals surface area contributed by atoms with Gasteiger partial charge in [0.25, 0.3) is 0 Å². The lowest BCUT2D eigenvalue weighted by molar-refractivity contribution is 0.101. The molecule has 1 saturated heterocycles. The first kappa shape index (κ1) is 16.2. The number of piperazine rings is 1. The number of carbonyl (C=O) groups is 1. The number of nitrogens with one attached hydrogen (secondary N) is 1. The van der Waals surface area contributed by atoms with Crippen molar-refractivity contribution in [2.75, 3.05) is 49.2 Å². The van der Waals surface area contributed by atoms with E-state index in [9.17, 15) is 4.79 Å². The lowest BCUT2D eigenvalue weighted by Crippen LogP contribution is -2.44. The van der Waals surface area contributed by atoms with Gasteiger partial charge in [0.15, 0.2) is 5.78 Å². The Bertz CT molecular complexity index is 722. The smallest absolute Gasteiger partial charge is 0.229 e. The van der Waals surface area contributed by atoms with Gasteiger partial charge in [0.2, 0.25) is 5.95 Å². The molecule has 2 aromatic rings. The summed E-state index contributed by atoms with van der Waals surface area (Å²) in [6.07, 6.45) is 1.45. The van der Waals surface area contributed by atoms with Crippen molar-refractivity contribution in [2.45, 2.75) is 6.92 Å². The molecule has 0 unspecified atom stereocenters. The maximum Gasteiger partial charge on any atom is 0.229 e. The van der Waals surface area contributed by atoms with Gasteiger partial charge in [-0.05, 0) is 38.2 Å². The van der Waals surface area contributed by atoms with Gasteiger partial charge in [0.05, 0.1) is 5.56 Å². The van der Waals surface area contributed by atoms with Crippen LogP contribution < -0.4 is 16.0 Å². The molecule has 3 N–H and O–H groups in total. The first-order valence-electron chi connectivity index (χ1n) is 7.97. The minimum Gasteiger partial charge on any atom is -0.383 e. The molecular weight excluding hydrogens is 304 g/mol. The molecule has 1 fully saturated rings.